The summed E-state index contributed by atoms with van der Waals surface area (Å²) < 4.78 is 5.62. The number of rotatable bonds is 6. The van der Waals surface area contributed by atoms with Gasteiger partial charge in [0, 0.05) is 0 Å². The number of allylic oxidation sites excluding steroid dienone is 1. The Labute approximate surface area is 166 Å². The molecule has 1 aromatic carbocycles. The van der Waals surface area contributed by atoms with Crippen molar-refractivity contribution in [3.63, 3.8) is 0 Å². The average molecular weight is 377 g/mol. The predicted molar refractivity (Wildman–Crippen MR) is 115 cm³/mol. The summed E-state index contributed by atoms with van der Waals surface area (Å²) in [5, 5.41) is 9.01. The summed E-state index contributed by atoms with van der Waals surface area (Å²) in [6, 6.07) is 7.43. The van der Waals surface area contributed by atoms with E-state index < -0.39 is 11.0 Å². The molecule has 3 nitrogen and oxygen atoms in total. The van der Waals surface area contributed by atoms with Crippen LogP contribution >= 0.6 is 0 Å². The molecule has 0 aliphatic rings. The standard InChI is InChI=1S/C14H26O2.C10H14O/c1-9-13(5,6)12(15)16-14(7,8)11(4)10(2)3;1-3-8(2)9-4-6-10(11)7-5-9/h9H2,1-8H3;4-8,11H,3H2,1-2H3. The number of aromatic hydroxyl groups is 1. The van der Waals surface area contributed by atoms with Gasteiger partial charge in [0.2, 0.25) is 0 Å². The molecule has 1 N–H and O–H groups in total. The minimum absolute atomic E-state index is 0.124. The number of hydrogen-bond donors (Lipinski definition) is 1. The van der Waals surface area contributed by atoms with Crippen molar-refractivity contribution in [1.82, 2.24) is 0 Å². The molecule has 0 amide bonds. The molecule has 0 radical (unpaired) electrons. The normalized spacial score (nSPS) is 12.5. The molecule has 0 saturated heterocycles. The van der Waals surface area contributed by atoms with Crippen LogP contribution in [0.1, 0.15) is 93.6 Å². The van der Waals surface area contributed by atoms with Gasteiger partial charge < -0.3 is 9.84 Å². The van der Waals surface area contributed by atoms with E-state index in [0.29, 0.717) is 11.7 Å². The van der Waals surface area contributed by atoms with E-state index in [1.54, 1.807) is 12.1 Å². The Morgan fingerprint density at radius 1 is 1.04 bits per heavy atom. The lowest BCUT2D eigenvalue weighted by molar-refractivity contribution is -0.164. The zero-order valence-electron chi connectivity index (χ0n) is 19.1. The van der Waals surface area contributed by atoms with Crippen LogP contribution in [-0.4, -0.2) is 16.7 Å². The fourth-order valence-electron chi connectivity index (χ4n) is 2.23. The van der Waals surface area contributed by atoms with Gasteiger partial charge in [-0.3, -0.25) is 4.79 Å². The van der Waals surface area contributed by atoms with E-state index in [9.17, 15) is 4.79 Å². The second kappa shape index (κ2) is 10.5. The number of carbonyl (C=O) groups excluding carboxylic acids is 1. The first kappa shape index (κ1) is 25.2. The van der Waals surface area contributed by atoms with Crippen molar-refractivity contribution in [1.29, 1.82) is 0 Å². The summed E-state index contributed by atoms with van der Waals surface area (Å²) in [4.78, 5) is 12.0. The van der Waals surface area contributed by atoms with Gasteiger partial charge in [-0.1, -0.05) is 38.5 Å². The smallest absolute Gasteiger partial charge is 0.312 e. The van der Waals surface area contributed by atoms with Gasteiger partial charge in [-0.15, -0.1) is 0 Å². The molecule has 1 rings (SSSR count). The summed E-state index contributed by atoms with van der Waals surface area (Å²) in [6.45, 7) is 20.2. The van der Waals surface area contributed by atoms with Crippen LogP contribution in [0.2, 0.25) is 0 Å². The third-order valence-electron chi connectivity index (χ3n) is 5.51. The van der Waals surface area contributed by atoms with E-state index in [4.69, 9.17) is 9.84 Å². The van der Waals surface area contributed by atoms with Crippen LogP contribution in [0, 0.1) is 5.41 Å². The molecule has 27 heavy (non-hydrogen) atoms. The van der Waals surface area contributed by atoms with Gasteiger partial charge in [-0.05, 0) is 90.5 Å². The second-order valence-electron chi connectivity index (χ2n) is 8.66. The fraction of sp³-hybridized carbons (Fsp3) is 0.625. The lowest BCUT2D eigenvalue weighted by Gasteiger charge is -2.32. The highest BCUT2D eigenvalue weighted by Gasteiger charge is 2.33. The maximum absolute atomic E-state index is 12.0. The van der Waals surface area contributed by atoms with Crippen molar-refractivity contribution < 1.29 is 14.6 Å². The number of hydrogen-bond acceptors (Lipinski definition) is 3. The Morgan fingerprint density at radius 3 is 1.89 bits per heavy atom. The van der Waals surface area contributed by atoms with Crippen LogP contribution in [0.5, 0.6) is 5.75 Å². The molecule has 0 aromatic heterocycles. The van der Waals surface area contributed by atoms with Crippen LogP contribution in [-0.2, 0) is 9.53 Å². The van der Waals surface area contributed by atoms with Gasteiger partial charge in [0.25, 0.3) is 0 Å². The molecule has 0 spiro atoms. The van der Waals surface area contributed by atoms with E-state index >= 15 is 0 Å². The zero-order valence-corrected chi connectivity index (χ0v) is 19.1. The molecule has 0 bridgehead atoms. The number of benzene rings is 1. The van der Waals surface area contributed by atoms with Crippen molar-refractivity contribution in [3.05, 3.63) is 41.0 Å². The van der Waals surface area contributed by atoms with E-state index in [-0.39, 0.29) is 5.97 Å². The molecule has 3 heteroatoms. The largest absolute Gasteiger partial charge is 0.508 e. The van der Waals surface area contributed by atoms with Crippen LogP contribution in [0.3, 0.4) is 0 Å². The molecule has 0 aliphatic heterocycles. The quantitative estimate of drug-likeness (QED) is 0.429. The lowest BCUT2D eigenvalue weighted by atomic mass is 9.89. The zero-order chi connectivity index (χ0) is 21.4. The highest BCUT2D eigenvalue weighted by atomic mass is 16.6. The molecule has 1 aromatic rings. The second-order valence-corrected chi connectivity index (χ2v) is 8.66. The number of carbonyl (C=O) groups is 1. The van der Waals surface area contributed by atoms with Crippen LogP contribution < -0.4 is 0 Å². The SMILES string of the molecule is CCC(C)(C)C(=O)OC(C)(C)C(C)=C(C)C.CCC(C)c1ccc(O)cc1. The van der Waals surface area contributed by atoms with Crippen molar-refractivity contribution in [3.8, 4) is 5.75 Å². The first-order chi connectivity index (χ1) is 12.3. The predicted octanol–water partition coefficient (Wildman–Crippen LogP) is 7.01. The molecule has 1 atom stereocenters. The van der Waals surface area contributed by atoms with Gasteiger partial charge in [-0.25, -0.2) is 0 Å². The molecule has 0 fully saturated rings. The van der Waals surface area contributed by atoms with Gasteiger partial charge in [0.05, 0.1) is 5.41 Å². The minimum atomic E-state index is -0.512. The Balaban J connectivity index is 0.000000533. The van der Waals surface area contributed by atoms with Gasteiger partial charge in [-0.2, -0.15) is 0 Å². The van der Waals surface area contributed by atoms with E-state index in [1.807, 2.05) is 67.5 Å². The molecule has 0 saturated carbocycles. The maximum atomic E-state index is 12.0. The van der Waals surface area contributed by atoms with Gasteiger partial charge in [0.15, 0.2) is 0 Å². The summed E-state index contributed by atoms with van der Waals surface area (Å²) in [5.41, 5.74) is 2.70. The molecule has 0 aliphatic carbocycles. The lowest BCUT2D eigenvalue weighted by Crippen LogP contribution is -2.36. The topological polar surface area (TPSA) is 46.5 Å². The van der Waals surface area contributed by atoms with Crippen LogP contribution in [0.25, 0.3) is 0 Å². The van der Waals surface area contributed by atoms with Crippen molar-refractivity contribution in [2.75, 3.05) is 0 Å². The highest BCUT2D eigenvalue weighted by molar-refractivity contribution is 5.76. The maximum Gasteiger partial charge on any atom is 0.312 e. The molecular formula is C24H40O3. The van der Waals surface area contributed by atoms with Crippen molar-refractivity contribution >= 4 is 5.97 Å². The van der Waals surface area contributed by atoms with E-state index in [2.05, 4.69) is 13.8 Å². The number of phenolic OH excluding ortho intramolecular Hbond substituents is 1. The van der Waals surface area contributed by atoms with Crippen LogP contribution in [0.4, 0.5) is 0 Å². The van der Waals surface area contributed by atoms with E-state index in [0.717, 1.165) is 18.4 Å². The third-order valence-corrected chi connectivity index (χ3v) is 5.51. The van der Waals surface area contributed by atoms with Crippen molar-refractivity contribution in [2.45, 2.75) is 93.6 Å². The Bertz CT molecular complexity index is 618. The molecule has 154 valence electrons. The Kier molecular flexibility index (Phi) is 9.84. The average Bonchev–Trinajstić information content (AvgIpc) is 2.60. The van der Waals surface area contributed by atoms with Crippen molar-refractivity contribution in [2.24, 2.45) is 5.41 Å². The summed E-state index contributed by atoms with van der Waals surface area (Å²) >= 11 is 0. The first-order valence-corrected chi connectivity index (χ1v) is 9.95. The Hall–Kier alpha value is -1.77. The molecular weight excluding hydrogens is 336 g/mol. The van der Waals surface area contributed by atoms with Gasteiger partial charge in [0.1, 0.15) is 11.4 Å². The van der Waals surface area contributed by atoms with Crippen LogP contribution in [0.15, 0.2) is 35.4 Å². The highest BCUT2D eigenvalue weighted by Crippen LogP contribution is 2.29. The third kappa shape index (κ3) is 8.19. The Morgan fingerprint density at radius 2 is 1.52 bits per heavy atom. The fourth-order valence-corrected chi connectivity index (χ4v) is 2.23. The van der Waals surface area contributed by atoms with E-state index in [1.165, 1.54) is 11.1 Å². The number of phenols is 1. The number of ether oxygens (including phenoxy) is 1. The molecule has 0 heterocycles. The minimum Gasteiger partial charge on any atom is -0.508 e. The number of esters is 1. The first-order valence-electron chi connectivity index (χ1n) is 9.95. The summed E-state index contributed by atoms with van der Waals surface area (Å²) in [7, 11) is 0. The van der Waals surface area contributed by atoms with Gasteiger partial charge >= 0.3 is 5.97 Å². The summed E-state index contributed by atoms with van der Waals surface area (Å²) in [5.74, 6) is 0.813. The molecule has 1 unspecified atom stereocenters. The summed E-state index contributed by atoms with van der Waals surface area (Å²) in [6.07, 6.45) is 1.93. The monoisotopic (exact) mass is 376 g/mol.